The zero-order valence-corrected chi connectivity index (χ0v) is 14.3. The van der Waals surface area contributed by atoms with E-state index in [0.717, 1.165) is 10.8 Å². The van der Waals surface area contributed by atoms with Crippen molar-refractivity contribution in [1.29, 1.82) is 0 Å². The van der Waals surface area contributed by atoms with Crippen LogP contribution in [0.3, 0.4) is 0 Å². The molecule has 0 unspecified atom stereocenters. The summed E-state index contributed by atoms with van der Waals surface area (Å²) in [5.41, 5.74) is 3.53. The zero-order valence-electron chi connectivity index (χ0n) is 13.4. The molecular weight excluding hydrogens is 292 g/mol. The molecule has 1 N–H and O–H groups in total. The van der Waals surface area contributed by atoms with Gasteiger partial charge in [0.15, 0.2) is 5.11 Å². The lowest BCUT2D eigenvalue weighted by Gasteiger charge is -2.31. The van der Waals surface area contributed by atoms with Crippen LogP contribution in [-0.2, 0) is 7.05 Å². The van der Waals surface area contributed by atoms with E-state index in [1.165, 1.54) is 11.4 Å². The van der Waals surface area contributed by atoms with Gasteiger partial charge >= 0.3 is 0 Å². The fourth-order valence-electron chi connectivity index (χ4n) is 3.17. The first kappa shape index (κ1) is 15.0. The van der Waals surface area contributed by atoms with Gasteiger partial charge in [-0.3, -0.25) is 4.98 Å². The summed E-state index contributed by atoms with van der Waals surface area (Å²) in [6.07, 6.45) is 1.84. The Morgan fingerprint density at radius 1 is 1.23 bits per heavy atom. The van der Waals surface area contributed by atoms with E-state index in [4.69, 9.17) is 12.2 Å². The normalized spacial score (nSPS) is 21.5. The SMILES string of the molecule is Cc1ccc([C@@H]2[C@@H](c3ccccn3)NC(=S)N2C(C)C)n1C. The lowest BCUT2D eigenvalue weighted by atomic mass is 10.0. The number of aryl methyl sites for hydroxylation is 1. The summed E-state index contributed by atoms with van der Waals surface area (Å²) in [7, 11) is 2.11. The van der Waals surface area contributed by atoms with Crippen LogP contribution >= 0.6 is 12.2 Å². The van der Waals surface area contributed by atoms with Gasteiger partial charge in [-0.1, -0.05) is 6.07 Å². The van der Waals surface area contributed by atoms with Crippen molar-refractivity contribution >= 4 is 17.3 Å². The Morgan fingerprint density at radius 2 is 2.00 bits per heavy atom. The summed E-state index contributed by atoms with van der Waals surface area (Å²) in [6, 6.07) is 10.9. The Kier molecular flexibility index (Phi) is 3.91. The summed E-state index contributed by atoms with van der Waals surface area (Å²) in [6.45, 7) is 6.48. The van der Waals surface area contributed by atoms with Crippen LogP contribution in [0, 0.1) is 6.92 Å². The molecule has 0 aliphatic carbocycles. The number of nitrogens with zero attached hydrogens (tertiary/aromatic N) is 3. The monoisotopic (exact) mass is 314 g/mol. The Balaban J connectivity index is 2.09. The predicted octanol–water partition coefficient (Wildman–Crippen LogP) is 3.11. The Morgan fingerprint density at radius 3 is 2.55 bits per heavy atom. The Labute approximate surface area is 137 Å². The van der Waals surface area contributed by atoms with E-state index in [-0.39, 0.29) is 12.1 Å². The Hall–Kier alpha value is -1.88. The molecule has 0 radical (unpaired) electrons. The molecule has 0 bridgehead atoms. The molecule has 0 saturated carbocycles. The molecule has 1 aliphatic heterocycles. The smallest absolute Gasteiger partial charge is 0.170 e. The van der Waals surface area contributed by atoms with Gasteiger partial charge in [0.2, 0.25) is 0 Å². The van der Waals surface area contributed by atoms with Crippen molar-refractivity contribution in [2.75, 3.05) is 0 Å². The predicted molar refractivity (Wildman–Crippen MR) is 92.6 cm³/mol. The van der Waals surface area contributed by atoms with Crippen LogP contribution in [0.4, 0.5) is 0 Å². The molecule has 22 heavy (non-hydrogen) atoms. The van der Waals surface area contributed by atoms with E-state index in [1.807, 2.05) is 18.3 Å². The first-order chi connectivity index (χ1) is 10.5. The number of pyridine rings is 1. The highest BCUT2D eigenvalue weighted by molar-refractivity contribution is 7.80. The summed E-state index contributed by atoms with van der Waals surface area (Å²) in [4.78, 5) is 6.82. The highest BCUT2D eigenvalue weighted by atomic mass is 32.1. The highest BCUT2D eigenvalue weighted by Gasteiger charge is 2.42. The molecule has 1 fully saturated rings. The quantitative estimate of drug-likeness (QED) is 0.883. The number of rotatable bonds is 3. The van der Waals surface area contributed by atoms with Gasteiger partial charge in [-0.25, -0.2) is 0 Å². The van der Waals surface area contributed by atoms with E-state index in [9.17, 15) is 0 Å². The van der Waals surface area contributed by atoms with Gasteiger partial charge in [0.1, 0.15) is 0 Å². The topological polar surface area (TPSA) is 33.1 Å². The minimum Gasteiger partial charge on any atom is -0.352 e. The lowest BCUT2D eigenvalue weighted by Crippen LogP contribution is -2.36. The average molecular weight is 314 g/mol. The molecule has 3 heterocycles. The first-order valence-electron chi connectivity index (χ1n) is 7.62. The molecule has 116 valence electrons. The van der Waals surface area contributed by atoms with Gasteiger partial charge < -0.3 is 14.8 Å². The average Bonchev–Trinajstić information content (AvgIpc) is 3.01. The van der Waals surface area contributed by atoms with E-state index in [2.05, 4.69) is 65.8 Å². The van der Waals surface area contributed by atoms with Crippen LogP contribution in [0.5, 0.6) is 0 Å². The van der Waals surface area contributed by atoms with Crippen molar-refractivity contribution in [3.05, 3.63) is 53.6 Å². The maximum Gasteiger partial charge on any atom is 0.170 e. The van der Waals surface area contributed by atoms with Gasteiger partial charge in [0.05, 0.1) is 17.8 Å². The van der Waals surface area contributed by atoms with E-state index < -0.39 is 0 Å². The molecule has 3 rings (SSSR count). The maximum absolute atomic E-state index is 5.60. The molecule has 0 spiro atoms. The molecule has 2 atom stereocenters. The highest BCUT2D eigenvalue weighted by Crippen LogP contribution is 2.39. The van der Waals surface area contributed by atoms with E-state index in [0.29, 0.717) is 6.04 Å². The number of hydrogen-bond acceptors (Lipinski definition) is 2. The molecule has 1 aliphatic rings. The van der Waals surface area contributed by atoms with Gasteiger partial charge in [0, 0.05) is 30.7 Å². The van der Waals surface area contributed by atoms with Gasteiger partial charge in [0.25, 0.3) is 0 Å². The van der Waals surface area contributed by atoms with E-state index >= 15 is 0 Å². The van der Waals surface area contributed by atoms with E-state index in [1.54, 1.807) is 0 Å². The fraction of sp³-hybridized carbons (Fsp3) is 0.412. The molecular formula is C17H22N4S. The van der Waals surface area contributed by atoms with Crippen LogP contribution in [0.2, 0.25) is 0 Å². The van der Waals surface area contributed by atoms with Crippen LogP contribution in [0.1, 0.15) is 43.0 Å². The van der Waals surface area contributed by atoms with Crippen molar-refractivity contribution in [1.82, 2.24) is 19.8 Å². The third-order valence-corrected chi connectivity index (χ3v) is 4.74. The number of thiocarbonyl (C=S) groups is 1. The van der Waals surface area contributed by atoms with Crippen molar-refractivity contribution in [2.45, 2.75) is 38.9 Å². The summed E-state index contributed by atoms with van der Waals surface area (Å²) in [5, 5.41) is 4.27. The van der Waals surface area contributed by atoms with Gasteiger partial charge in [-0.05, 0) is 57.3 Å². The first-order valence-corrected chi connectivity index (χ1v) is 8.03. The van der Waals surface area contributed by atoms with Crippen LogP contribution in [0.25, 0.3) is 0 Å². The minimum absolute atomic E-state index is 0.0732. The number of hydrogen-bond donors (Lipinski definition) is 1. The molecule has 5 heteroatoms. The minimum atomic E-state index is 0.0732. The zero-order chi connectivity index (χ0) is 15.9. The second-order valence-corrected chi connectivity index (χ2v) is 6.47. The standard InChI is InChI=1S/C17H22N4S/c1-11(2)21-16(14-9-8-12(3)20(14)4)15(19-17(21)22)13-7-5-6-10-18-13/h5-11,15-16H,1-4H3,(H,19,22)/t15-,16-/m1/s1. The van der Waals surface area contributed by atoms with Gasteiger partial charge in [-0.15, -0.1) is 0 Å². The second-order valence-electron chi connectivity index (χ2n) is 6.09. The summed E-state index contributed by atoms with van der Waals surface area (Å²) in [5.74, 6) is 0. The van der Waals surface area contributed by atoms with Gasteiger partial charge in [-0.2, -0.15) is 0 Å². The third kappa shape index (κ3) is 2.39. The molecule has 1 saturated heterocycles. The number of nitrogens with one attached hydrogen (secondary N) is 1. The summed E-state index contributed by atoms with van der Waals surface area (Å²) < 4.78 is 2.24. The van der Waals surface area contributed by atoms with Crippen LogP contribution in [0.15, 0.2) is 36.5 Å². The third-order valence-electron chi connectivity index (χ3n) is 4.41. The Bertz CT molecular complexity index is 677. The molecule has 0 aromatic carbocycles. The summed E-state index contributed by atoms with van der Waals surface area (Å²) >= 11 is 5.60. The van der Waals surface area contributed by atoms with Crippen molar-refractivity contribution in [3.63, 3.8) is 0 Å². The largest absolute Gasteiger partial charge is 0.352 e. The van der Waals surface area contributed by atoms with Crippen LogP contribution < -0.4 is 5.32 Å². The fourth-order valence-corrected chi connectivity index (χ4v) is 3.62. The molecule has 2 aromatic heterocycles. The molecule has 2 aromatic rings. The second kappa shape index (κ2) is 5.72. The molecule has 0 amide bonds. The number of aromatic nitrogens is 2. The molecule has 4 nitrogen and oxygen atoms in total. The van der Waals surface area contributed by atoms with Crippen molar-refractivity contribution in [3.8, 4) is 0 Å². The van der Waals surface area contributed by atoms with Crippen molar-refractivity contribution < 1.29 is 0 Å². The maximum atomic E-state index is 5.60. The lowest BCUT2D eigenvalue weighted by molar-refractivity contribution is 0.260. The van der Waals surface area contributed by atoms with Crippen LogP contribution in [-0.4, -0.2) is 25.6 Å². The van der Waals surface area contributed by atoms with Crippen molar-refractivity contribution in [2.24, 2.45) is 7.05 Å².